The molecule has 4 heterocycles. The second kappa shape index (κ2) is 9.89. The fourth-order valence-electron chi connectivity index (χ4n) is 5.18. The van der Waals surface area contributed by atoms with Crippen molar-refractivity contribution < 1.29 is 18.0 Å². The topological polar surface area (TPSA) is 108 Å². The van der Waals surface area contributed by atoms with Gasteiger partial charge in [0.1, 0.15) is 11.5 Å². The molecular formula is C27H26F3N7O2S. The number of carbonyl (C=O) groups is 1. The van der Waals surface area contributed by atoms with Gasteiger partial charge < -0.3 is 10.6 Å². The molecule has 2 aliphatic rings. The number of carbonyl (C=O) groups excluding carboxylic acids is 1. The Bertz CT molecular complexity index is 1690. The maximum atomic E-state index is 15.1. The van der Waals surface area contributed by atoms with Gasteiger partial charge in [-0.2, -0.15) is 10.2 Å². The van der Waals surface area contributed by atoms with Crippen molar-refractivity contribution in [2.24, 2.45) is 0 Å². The third-order valence-corrected chi connectivity index (χ3v) is 8.49. The van der Waals surface area contributed by atoms with E-state index in [4.69, 9.17) is 0 Å². The number of aryl methyl sites for hydroxylation is 1. The van der Waals surface area contributed by atoms with Gasteiger partial charge >= 0.3 is 0 Å². The second-order valence-corrected chi connectivity index (χ2v) is 11.3. The molecule has 0 fully saturated rings. The predicted octanol–water partition coefficient (Wildman–Crippen LogP) is 5.01. The molecule has 0 atom stereocenters. The fourth-order valence-corrected chi connectivity index (χ4v) is 6.33. The van der Waals surface area contributed by atoms with Gasteiger partial charge in [-0.1, -0.05) is 0 Å². The van der Waals surface area contributed by atoms with Crippen molar-refractivity contribution >= 4 is 34.4 Å². The van der Waals surface area contributed by atoms with Crippen LogP contribution in [-0.4, -0.2) is 44.4 Å². The summed E-state index contributed by atoms with van der Waals surface area (Å²) in [6.45, 7) is 3.93. The third kappa shape index (κ3) is 4.79. The molecule has 1 aliphatic carbocycles. The Morgan fingerprint density at radius 3 is 2.80 bits per heavy atom. The number of fused-ring (bicyclic) bond motifs is 2. The molecule has 0 radical (unpaired) electrons. The highest BCUT2D eigenvalue weighted by Gasteiger charge is 2.38. The van der Waals surface area contributed by atoms with Gasteiger partial charge in [-0.25, -0.2) is 18.3 Å². The van der Waals surface area contributed by atoms with Crippen molar-refractivity contribution in [3.05, 3.63) is 73.1 Å². The molecule has 0 spiro atoms. The highest BCUT2D eigenvalue weighted by molar-refractivity contribution is 7.14. The summed E-state index contributed by atoms with van der Waals surface area (Å²) in [7, 11) is 2.02. The van der Waals surface area contributed by atoms with Gasteiger partial charge in [0, 0.05) is 47.3 Å². The zero-order valence-electron chi connectivity index (χ0n) is 21.8. The van der Waals surface area contributed by atoms with Gasteiger partial charge in [0.25, 0.3) is 17.4 Å². The zero-order chi connectivity index (χ0) is 28.2. The highest BCUT2D eigenvalue weighted by atomic mass is 32.1. The number of hydrogen-bond donors (Lipinski definition) is 3. The molecule has 1 aromatic carbocycles. The molecular weight excluding hydrogens is 543 g/mol. The Morgan fingerprint density at radius 1 is 1.18 bits per heavy atom. The average Bonchev–Trinajstić information content (AvgIpc) is 3.52. The number of amides is 1. The van der Waals surface area contributed by atoms with Crippen LogP contribution < -0.4 is 16.2 Å². The van der Waals surface area contributed by atoms with Crippen LogP contribution in [0.4, 0.5) is 30.4 Å². The third-order valence-electron chi connectivity index (χ3n) is 7.30. The van der Waals surface area contributed by atoms with Gasteiger partial charge in [0.2, 0.25) is 0 Å². The van der Waals surface area contributed by atoms with Crippen molar-refractivity contribution in [3.8, 4) is 11.3 Å². The number of anilines is 3. The van der Waals surface area contributed by atoms with E-state index >= 15 is 4.39 Å². The molecule has 3 N–H and O–H groups in total. The number of nitrogens with one attached hydrogen (secondary N) is 3. The van der Waals surface area contributed by atoms with E-state index in [1.807, 2.05) is 17.8 Å². The van der Waals surface area contributed by atoms with Gasteiger partial charge in [-0.3, -0.25) is 19.2 Å². The van der Waals surface area contributed by atoms with Crippen LogP contribution >= 0.6 is 11.3 Å². The van der Waals surface area contributed by atoms with Crippen molar-refractivity contribution in [2.75, 3.05) is 24.2 Å². The monoisotopic (exact) mass is 569 g/mol. The molecule has 3 aromatic heterocycles. The summed E-state index contributed by atoms with van der Waals surface area (Å²) in [6.07, 6.45) is 0.641. The molecule has 9 nitrogen and oxygen atoms in total. The summed E-state index contributed by atoms with van der Waals surface area (Å²) >= 11 is 1.05. The number of H-pyrrole nitrogens is 1. The van der Waals surface area contributed by atoms with E-state index in [2.05, 4.69) is 30.8 Å². The molecule has 1 amide bonds. The second-order valence-electron chi connectivity index (χ2n) is 10.2. The van der Waals surface area contributed by atoms with E-state index in [0.717, 1.165) is 36.7 Å². The van der Waals surface area contributed by atoms with Crippen LogP contribution in [0, 0.1) is 12.7 Å². The molecule has 0 saturated carbocycles. The van der Waals surface area contributed by atoms with Gasteiger partial charge in [0.15, 0.2) is 5.82 Å². The Labute approximate surface area is 231 Å². The molecule has 0 bridgehead atoms. The summed E-state index contributed by atoms with van der Waals surface area (Å²) in [6, 6.07) is 7.13. The lowest BCUT2D eigenvalue weighted by atomic mass is 9.95. The van der Waals surface area contributed by atoms with Crippen LogP contribution in [0.5, 0.6) is 0 Å². The maximum Gasteiger partial charge on any atom is 0.287 e. The number of hydrogen-bond acceptors (Lipinski definition) is 7. The molecule has 208 valence electrons. The Kier molecular flexibility index (Phi) is 6.50. The predicted molar refractivity (Wildman–Crippen MR) is 146 cm³/mol. The standard InChI is InChI=1S/C27H26F3N7O2S/c1-14-18(32-26(39)22-11-16-21(40-22)4-3-7-27(16,29)30)6-5-17(28)24(14)19-12-20(25(38)34-33-19)31-23-10-15-13-36(2)8-9-37(15)35-23/h5-6,10-12H,3-4,7-9,13H2,1-2H3,(H,32,39)(H,34,38)(H,31,33,35). The summed E-state index contributed by atoms with van der Waals surface area (Å²) < 4.78 is 45.6. The minimum atomic E-state index is -2.95. The SMILES string of the molecule is Cc1c(NC(=O)c2cc3c(s2)CCCC3(F)F)ccc(F)c1-c1cc(Nc2cc3n(n2)CCN(C)C3)c(=O)[nH]n1. The number of nitrogens with zero attached hydrogens (tertiary/aromatic N) is 4. The first-order valence-electron chi connectivity index (χ1n) is 12.8. The largest absolute Gasteiger partial charge is 0.334 e. The molecule has 0 saturated heterocycles. The average molecular weight is 570 g/mol. The van der Waals surface area contributed by atoms with Crippen LogP contribution in [0.2, 0.25) is 0 Å². The molecule has 0 unspecified atom stereocenters. The number of alkyl halides is 2. The van der Waals surface area contributed by atoms with Crippen molar-refractivity contribution in [1.29, 1.82) is 0 Å². The molecule has 6 rings (SSSR count). The van der Waals surface area contributed by atoms with Crippen molar-refractivity contribution in [1.82, 2.24) is 24.9 Å². The molecule has 1 aliphatic heterocycles. The van der Waals surface area contributed by atoms with Crippen LogP contribution in [0.15, 0.2) is 35.1 Å². The molecule has 13 heteroatoms. The Hall–Kier alpha value is -3.97. The lowest BCUT2D eigenvalue weighted by molar-refractivity contribution is -0.0208. The summed E-state index contributed by atoms with van der Waals surface area (Å²) in [5, 5.41) is 16.7. The Morgan fingerprint density at radius 2 is 2.00 bits per heavy atom. The van der Waals surface area contributed by atoms with E-state index in [1.165, 1.54) is 24.3 Å². The lowest BCUT2D eigenvalue weighted by Crippen LogP contribution is -2.30. The summed E-state index contributed by atoms with van der Waals surface area (Å²) in [5.41, 5.74) is 1.43. The number of thiophene rings is 1. The number of likely N-dealkylation sites (N-methyl/N-ethyl adjacent to an activating group) is 1. The minimum absolute atomic E-state index is 0.0832. The summed E-state index contributed by atoms with van der Waals surface area (Å²) in [4.78, 5) is 28.4. The number of aromatic nitrogens is 4. The Balaban J connectivity index is 1.28. The van der Waals surface area contributed by atoms with Crippen LogP contribution in [0.25, 0.3) is 11.3 Å². The summed E-state index contributed by atoms with van der Waals surface area (Å²) in [5.74, 6) is -3.62. The fraction of sp³-hybridized carbons (Fsp3) is 0.333. The lowest BCUT2D eigenvalue weighted by Gasteiger charge is -2.22. The zero-order valence-corrected chi connectivity index (χ0v) is 22.6. The quantitative estimate of drug-likeness (QED) is 0.312. The van der Waals surface area contributed by atoms with Crippen LogP contribution in [-0.2, 0) is 25.4 Å². The van der Waals surface area contributed by atoms with Crippen LogP contribution in [0.1, 0.15) is 44.2 Å². The first-order chi connectivity index (χ1) is 19.1. The minimum Gasteiger partial charge on any atom is -0.334 e. The van der Waals surface area contributed by atoms with Gasteiger partial charge in [0.05, 0.1) is 22.8 Å². The maximum absolute atomic E-state index is 15.1. The first-order valence-corrected chi connectivity index (χ1v) is 13.6. The number of halogens is 3. The molecule has 4 aromatic rings. The number of aromatic amines is 1. The first kappa shape index (κ1) is 26.3. The van der Waals surface area contributed by atoms with Gasteiger partial charge in [-0.05, 0) is 56.6 Å². The van der Waals surface area contributed by atoms with E-state index < -0.39 is 23.2 Å². The van der Waals surface area contributed by atoms with E-state index in [-0.39, 0.29) is 33.8 Å². The van der Waals surface area contributed by atoms with Crippen molar-refractivity contribution in [3.63, 3.8) is 0 Å². The number of benzene rings is 1. The smallest absolute Gasteiger partial charge is 0.287 e. The highest BCUT2D eigenvalue weighted by Crippen LogP contribution is 2.44. The van der Waals surface area contributed by atoms with Crippen molar-refractivity contribution in [2.45, 2.75) is 45.2 Å². The normalized spacial score (nSPS) is 16.3. The van der Waals surface area contributed by atoms with E-state index in [0.29, 0.717) is 34.8 Å². The van der Waals surface area contributed by atoms with E-state index in [9.17, 15) is 18.4 Å². The number of rotatable bonds is 5. The van der Waals surface area contributed by atoms with E-state index in [1.54, 1.807) is 6.92 Å². The van der Waals surface area contributed by atoms with Crippen LogP contribution in [0.3, 0.4) is 0 Å². The molecule has 40 heavy (non-hydrogen) atoms. The van der Waals surface area contributed by atoms with Gasteiger partial charge in [-0.15, -0.1) is 11.3 Å².